The fraction of sp³-hybridized carbons (Fsp3) is 0.417. The number of amidine groups is 1. The molecular formula is C24H25F2N3O. The molecule has 5 rings (SSSR count). The highest BCUT2D eigenvalue weighted by atomic mass is 19.1. The van der Waals surface area contributed by atoms with Gasteiger partial charge in [0, 0.05) is 29.7 Å². The molecule has 2 N–H and O–H groups in total. The Labute approximate surface area is 174 Å². The molecular weight excluding hydrogens is 384 g/mol. The predicted octanol–water partition coefficient (Wildman–Crippen LogP) is 4.60. The third-order valence-electron chi connectivity index (χ3n) is 7.23. The standard InChI is InChI=1S/C24H25F2N3O/c1-14-11-23(8-7-21(14)30-2)12-16-4-3-15(18-6-5-17(25)10-20(18)26)9-19(16)24(23)28-13-22(27)29-24/h3-6,9-10,13-14,21H,7-8,11-12H2,1-2H3,(H2,27,29)/t14?,21-,23-,24+/m1/s1. The van der Waals surface area contributed by atoms with Crippen LogP contribution in [0.25, 0.3) is 11.1 Å². The molecule has 156 valence electrons. The van der Waals surface area contributed by atoms with Crippen LogP contribution in [0.15, 0.2) is 46.4 Å². The number of nitrogens with two attached hydrogens (primary N) is 1. The number of methoxy groups -OCH3 is 1. The lowest BCUT2D eigenvalue weighted by Gasteiger charge is -2.47. The average molecular weight is 409 g/mol. The summed E-state index contributed by atoms with van der Waals surface area (Å²) in [6.07, 6.45) is 5.52. The molecule has 2 aromatic rings. The highest BCUT2D eigenvalue weighted by Crippen LogP contribution is 2.62. The van der Waals surface area contributed by atoms with Crippen LogP contribution in [0, 0.1) is 23.0 Å². The van der Waals surface area contributed by atoms with Gasteiger partial charge in [-0.3, -0.25) is 4.99 Å². The summed E-state index contributed by atoms with van der Waals surface area (Å²) in [5.74, 6) is -0.378. The summed E-state index contributed by atoms with van der Waals surface area (Å²) in [7, 11) is 1.77. The van der Waals surface area contributed by atoms with Gasteiger partial charge in [0.2, 0.25) is 0 Å². The number of nitrogens with zero attached hydrogens (tertiary/aromatic N) is 2. The van der Waals surface area contributed by atoms with Crippen LogP contribution < -0.4 is 5.73 Å². The molecule has 6 heteroatoms. The van der Waals surface area contributed by atoms with E-state index < -0.39 is 17.3 Å². The Morgan fingerprint density at radius 3 is 2.67 bits per heavy atom. The lowest BCUT2D eigenvalue weighted by Crippen LogP contribution is -2.46. The summed E-state index contributed by atoms with van der Waals surface area (Å²) in [5, 5.41) is 0. The topological polar surface area (TPSA) is 60.0 Å². The molecule has 1 fully saturated rings. The van der Waals surface area contributed by atoms with Gasteiger partial charge in [0.25, 0.3) is 0 Å². The van der Waals surface area contributed by atoms with Crippen molar-refractivity contribution in [3.63, 3.8) is 0 Å². The Morgan fingerprint density at radius 1 is 1.17 bits per heavy atom. The second kappa shape index (κ2) is 6.71. The van der Waals surface area contributed by atoms with Gasteiger partial charge in [0.1, 0.15) is 17.5 Å². The van der Waals surface area contributed by atoms with Crippen LogP contribution in [0.3, 0.4) is 0 Å². The Hall–Kier alpha value is -2.60. The van der Waals surface area contributed by atoms with Crippen LogP contribution in [0.1, 0.15) is 37.3 Å². The SMILES string of the molecule is CO[C@@H]1CC[C@]2(Cc3ccc(-c4ccc(F)cc4F)cc3[C@@]23N=CC(N)=N3)CC1C. The third kappa shape index (κ3) is 2.66. The highest BCUT2D eigenvalue weighted by Gasteiger charge is 2.61. The van der Waals surface area contributed by atoms with E-state index in [-0.39, 0.29) is 11.5 Å². The van der Waals surface area contributed by atoms with Crippen LogP contribution in [-0.2, 0) is 16.8 Å². The second-order valence-corrected chi connectivity index (χ2v) is 8.91. The zero-order valence-corrected chi connectivity index (χ0v) is 17.2. The number of rotatable bonds is 2. The van der Waals surface area contributed by atoms with Gasteiger partial charge >= 0.3 is 0 Å². The van der Waals surface area contributed by atoms with Crippen LogP contribution in [-0.4, -0.2) is 25.3 Å². The molecule has 4 nitrogen and oxygen atoms in total. The van der Waals surface area contributed by atoms with Crippen LogP contribution >= 0.6 is 0 Å². The number of halogens is 2. The van der Waals surface area contributed by atoms with Crippen molar-refractivity contribution in [2.75, 3.05) is 7.11 Å². The van der Waals surface area contributed by atoms with E-state index in [1.165, 1.54) is 17.7 Å². The zero-order valence-electron chi connectivity index (χ0n) is 17.2. The summed E-state index contributed by atoms with van der Waals surface area (Å²) >= 11 is 0. The van der Waals surface area contributed by atoms with E-state index in [1.54, 1.807) is 13.3 Å². The van der Waals surface area contributed by atoms with Gasteiger partial charge in [-0.05, 0) is 60.9 Å². The normalized spacial score (nSPS) is 32.1. The molecule has 0 radical (unpaired) electrons. The Kier molecular flexibility index (Phi) is 4.33. The lowest BCUT2D eigenvalue weighted by molar-refractivity contribution is -0.0377. The van der Waals surface area contributed by atoms with Crippen molar-refractivity contribution in [1.29, 1.82) is 0 Å². The van der Waals surface area contributed by atoms with Crippen LogP contribution in [0.5, 0.6) is 0 Å². The van der Waals surface area contributed by atoms with Crippen LogP contribution in [0.4, 0.5) is 8.78 Å². The second-order valence-electron chi connectivity index (χ2n) is 8.91. The van der Waals surface area contributed by atoms with Gasteiger partial charge in [0.05, 0.1) is 12.3 Å². The van der Waals surface area contributed by atoms with Crippen molar-refractivity contribution in [2.45, 2.75) is 44.4 Å². The maximum atomic E-state index is 14.5. The molecule has 0 bridgehead atoms. The Morgan fingerprint density at radius 2 is 2.00 bits per heavy atom. The fourth-order valence-electron chi connectivity index (χ4n) is 5.89. The first-order chi connectivity index (χ1) is 14.4. The summed E-state index contributed by atoms with van der Waals surface area (Å²) in [6, 6.07) is 9.57. The van der Waals surface area contributed by atoms with Gasteiger partial charge in [0.15, 0.2) is 5.66 Å². The molecule has 3 aliphatic rings. The lowest BCUT2D eigenvalue weighted by atomic mass is 9.62. The van der Waals surface area contributed by atoms with Crippen LogP contribution in [0.2, 0.25) is 0 Å². The van der Waals surface area contributed by atoms with E-state index in [1.807, 2.05) is 18.2 Å². The summed E-state index contributed by atoms with van der Waals surface area (Å²) < 4.78 is 33.6. The molecule has 1 heterocycles. The first kappa shape index (κ1) is 19.4. The number of aliphatic imine (C=N–C) groups is 2. The molecule has 1 saturated carbocycles. The third-order valence-corrected chi connectivity index (χ3v) is 7.23. The molecule has 2 aromatic carbocycles. The molecule has 30 heavy (non-hydrogen) atoms. The number of hydrogen-bond acceptors (Lipinski definition) is 4. The number of benzene rings is 2. The van der Waals surface area contributed by atoms with Gasteiger partial charge in [-0.1, -0.05) is 19.1 Å². The van der Waals surface area contributed by atoms with Crippen molar-refractivity contribution in [3.8, 4) is 11.1 Å². The number of ether oxygens (including phenoxy) is 1. The molecule has 2 aliphatic carbocycles. The minimum absolute atomic E-state index is 0.179. The van der Waals surface area contributed by atoms with E-state index >= 15 is 0 Å². The van der Waals surface area contributed by atoms with Crippen molar-refractivity contribution in [3.05, 3.63) is 59.2 Å². The maximum Gasteiger partial charge on any atom is 0.184 e. The van der Waals surface area contributed by atoms with E-state index in [4.69, 9.17) is 20.5 Å². The quantitative estimate of drug-likeness (QED) is 0.788. The van der Waals surface area contributed by atoms with E-state index in [0.29, 0.717) is 22.9 Å². The monoisotopic (exact) mass is 409 g/mol. The van der Waals surface area contributed by atoms with Crippen molar-refractivity contribution in [2.24, 2.45) is 27.1 Å². The average Bonchev–Trinajstić information content (AvgIpc) is 3.22. The molecule has 4 atom stereocenters. The van der Waals surface area contributed by atoms with Crippen molar-refractivity contribution >= 4 is 12.1 Å². The highest BCUT2D eigenvalue weighted by molar-refractivity contribution is 6.30. The van der Waals surface area contributed by atoms with Gasteiger partial charge in [-0.25, -0.2) is 13.8 Å². The number of fused-ring (bicyclic) bond motifs is 3. The molecule has 2 spiro atoms. The first-order valence-corrected chi connectivity index (χ1v) is 10.4. The number of hydrogen-bond donors (Lipinski definition) is 1. The molecule has 0 aromatic heterocycles. The molecule has 0 saturated heterocycles. The summed E-state index contributed by atoms with van der Waals surface area (Å²) in [4.78, 5) is 9.75. The first-order valence-electron chi connectivity index (χ1n) is 10.4. The zero-order chi connectivity index (χ0) is 21.1. The predicted molar refractivity (Wildman–Crippen MR) is 114 cm³/mol. The largest absolute Gasteiger partial charge is 0.383 e. The Balaban J connectivity index is 1.64. The van der Waals surface area contributed by atoms with Gasteiger partial charge in [-0.15, -0.1) is 0 Å². The fourth-order valence-corrected chi connectivity index (χ4v) is 5.89. The van der Waals surface area contributed by atoms with Gasteiger partial charge < -0.3 is 10.5 Å². The van der Waals surface area contributed by atoms with Gasteiger partial charge in [-0.2, -0.15) is 0 Å². The van der Waals surface area contributed by atoms with E-state index in [2.05, 4.69) is 6.92 Å². The molecule has 1 aliphatic heterocycles. The van der Waals surface area contributed by atoms with E-state index in [0.717, 1.165) is 37.3 Å². The molecule has 1 unspecified atom stereocenters. The minimum atomic E-state index is -0.786. The van der Waals surface area contributed by atoms with Crippen molar-refractivity contribution < 1.29 is 13.5 Å². The summed E-state index contributed by atoms with van der Waals surface area (Å²) in [6.45, 7) is 2.22. The smallest absolute Gasteiger partial charge is 0.184 e. The summed E-state index contributed by atoms with van der Waals surface area (Å²) in [5.41, 5.74) is 8.32. The minimum Gasteiger partial charge on any atom is -0.383 e. The maximum absolute atomic E-state index is 14.5. The molecule has 0 amide bonds. The van der Waals surface area contributed by atoms with E-state index in [9.17, 15) is 8.78 Å². The Bertz CT molecular complexity index is 1080. The van der Waals surface area contributed by atoms with Crippen molar-refractivity contribution in [1.82, 2.24) is 0 Å².